The summed E-state index contributed by atoms with van der Waals surface area (Å²) in [7, 11) is 0. The average Bonchev–Trinajstić information content (AvgIpc) is 2.48. The van der Waals surface area contributed by atoms with Crippen molar-refractivity contribution in [1.82, 2.24) is 14.8 Å². The van der Waals surface area contributed by atoms with Gasteiger partial charge in [0.2, 0.25) is 0 Å². The Morgan fingerprint density at radius 3 is 2.71 bits per heavy atom. The number of carboxylic acid groups (broad SMARTS) is 1. The molecule has 0 aliphatic carbocycles. The summed E-state index contributed by atoms with van der Waals surface area (Å²) in [5, 5.41) is 8.95. The summed E-state index contributed by atoms with van der Waals surface area (Å²) in [5.74, 6) is -0.738. The zero-order valence-corrected chi connectivity index (χ0v) is 13.9. The monoisotopic (exact) mass is 355 g/mol. The van der Waals surface area contributed by atoms with Crippen molar-refractivity contribution in [1.29, 1.82) is 0 Å². The maximum Gasteiger partial charge on any atom is 0.317 e. The highest BCUT2D eigenvalue weighted by Gasteiger charge is 2.25. The Morgan fingerprint density at radius 1 is 1.48 bits per heavy atom. The van der Waals surface area contributed by atoms with Gasteiger partial charge in [-0.25, -0.2) is 0 Å². The van der Waals surface area contributed by atoms with E-state index in [9.17, 15) is 4.79 Å². The molecular weight excluding hydrogens is 334 g/mol. The first-order valence-electron chi connectivity index (χ1n) is 7.37. The highest BCUT2D eigenvalue weighted by Crippen LogP contribution is 2.18. The molecule has 0 radical (unpaired) electrons. The number of likely N-dealkylation sites (N-methyl/N-ethyl adjacent to an activating group) is 1. The Labute approximate surface area is 134 Å². The first kappa shape index (κ1) is 16.4. The molecule has 5 nitrogen and oxygen atoms in total. The summed E-state index contributed by atoms with van der Waals surface area (Å²) in [4.78, 5) is 19.7. The van der Waals surface area contributed by atoms with E-state index in [-0.39, 0.29) is 6.54 Å². The van der Waals surface area contributed by atoms with Crippen molar-refractivity contribution in [3.05, 3.63) is 28.5 Å². The molecule has 0 bridgehead atoms. The molecule has 0 aromatic carbocycles. The van der Waals surface area contributed by atoms with Crippen LogP contribution in [0.25, 0.3) is 0 Å². The Hall–Kier alpha value is -0.980. The Morgan fingerprint density at radius 2 is 2.19 bits per heavy atom. The van der Waals surface area contributed by atoms with Crippen molar-refractivity contribution in [2.24, 2.45) is 0 Å². The maximum atomic E-state index is 10.9. The van der Waals surface area contributed by atoms with Crippen LogP contribution in [-0.4, -0.2) is 58.1 Å². The molecule has 0 spiro atoms. The topological polar surface area (TPSA) is 56.7 Å². The standard InChI is InChI=1S/C15H22BrN3O2/c1-2-19(11-15(20)21)14-5-7-18(8-6-14)10-13-4-3-12(16)9-17-13/h3-4,9,14H,2,5-8,10-11H2,1H3,(H,20,21). The van der Waals surface area contributed by atoms with Gasteiger partial charge in [0.05, 0.1) is 12.2 Å². The summed E-state index contributed by atoms with van der Waals surface area (Å²) in [6, 6.07) is 4.44. The smallest absolute Gasteiger partial charge is 0.317 e. The lowest BCUT2D eigenvalue weighted by molar-refractivity contribution is -0.139. The number of aliphatic carboxylic acids is 1. The number of halogens is 1. The van der Waals surface area contributed by atoms with E-state index in [1.807, 2.05) is 25.3 Å². The maximum absolute atomic E-state index is 10.9. The number of hydrogen-bond acceptors (Lipinski definition) is 4. The van der Waals surface area contributed by atoms with Crippen LogP contribution in [0, 0.1) is 0 Å². The fraction of sp³-hybridized carbons (Fsp3) is 0.600. The van der Waals surface area contributed by atoms with Crippen LogP contribution in [0.15, 0.2) is 22.8 Å². The Bertz CT molecular complexity index is 458. The number of aromatic nitrogens is 1. The summed E-state index contributed by atoms with van der Waals surface area (Å²) in [6.07, 6.45) is 3.88. The molecule has 2 rings (SSSR count). The first-order chi connectivity index (χ1) is 10.1. The van der Waals surface area contributed by atoms with E-state index in [0.29, 0.717) is 6.04 Å². The molecule has 1 aromatic rings. The predicted octanol–water partition coefficient (Wildman–Crippen LogP) is 2.21. The number of likely N-dealkylation sites (tertiary alicyclic amines) is 1. The Balaban J connectivity index is 1.82. The number of piperidine rings is 1. The molecule has 1 aromatic heterocycles. The van der Waals surface area contributed by atoms with Crippen LogP contribution < -0.4 is 0 Å². The fourth-order valence-corrected chi connectivity index (χ4v) is 3.08. The molecule has 0 amide bonds. The van der Waals surface area contributed by atoms with E-state index in [0.717, 1.165) is 49.2 Å². The zero-order valence-electron chi connectivity index (χ0n) is 12.3. The van der Waals surface area contributed by atoms with Gasteiger partial charge < -0.3 is 5.11 Å². The van der Waals surface area contributed by atoms with E-state index in [4.69, 9.17) is 5.11 Å². The van der Waals surface area contributed by atoms with Crippen molar-refractivity contribution >= 4 is 21.9 Å². The van der Waals surface area contributed by atoms with Crippen LogP contribution in [0.5, 0.6) is 0 Å². The predicted molar refractivity (Wildman–Crippen MR) is 85.1 cm³/mol. The summed E-state index contributed by atoms with van der Waals surface area (Å²) < 4.78 is 0.997. The normalized spacial score (nSPS) is 17.3. The van der Waals surface area contributed by atoms with Gasteiger partial charge in [0.15, 0.2) is 0 Å². The van der Waals surface area contributed by atoms with Gasteiger partial charge in [0.25, 0.3) is 0 Å². The van der Waals surface area contributed by atoms with Gasteiger partial charge in [0.1, 0.15) is 0 Å². The number of nitrogens with zero attached hydrogens (tertiary/aromatic N) is 3. The van der Waals surface area contributed by atoms with Crippen LogP contribution in [0.1, 0.15) is 25.5 Å². The molecule has 1 N–H and O–H groups in total. The molecule has 0 atom stereocenters. The molecule has 2 heterocycles. The molecule has 1 aliphatic heterocycles. The summed E-state index contributed by atoms with van der Waals surface area (Å²) in [5.41, 5.74) is 1.08. The third-order valence-corrected chi connectivity index (χ3v) is 4.46. The van der Waals surface area contributed by atoms with Crippen molar-refractivity contribution < 1.29 is 9.90 Å². The quantitative estimate of drug-likeness (QED) is 0.847. The Kier molecular flexibility index (Phi) is 6.14. The molecule has 6 heteroatoms. The second-order valence-corrected chi connectivity index (χ2v) is 6.35. The van der Waals surface area contributed by atoms with Gasteiger partial charge in [-0.2, -0.15) is 0 Å². The van der Waals surface area contributed by atoms with E-state index < -0.39 is 5.97 Å². The zero-order chi connectivity index (χ0) is 15.2. The number of carbonyl (C=O) groups is 1. The van der Waals surface area contributed by atoms with Gasteiger partial charge in [0, 0.05) is 36.3 Å². The van der Waals surface area contributed by atoms with Gasteiger partial charge in [-0.3, -0.25) is 19.6 Å². The highest BCUT2D eigenvalue weighted by molar-refractivity contribution is 9.10. The summed E-state index contributed by atoms with van der Waals surface area (Å²) in [6.45, 7) is 5.84. The van der Waals surface area contributed by atoms with Crippen LogP contribution in [0.3, 0.4) is 0 Å². The SMILES string of the molecule is CCN(CC(=O)O)C1CCN(Cc2ccc(Br)cn2)CC1. The first-order valence-corrected chi connectivity index (χ1v) is 8.16. The largest absolute Gasteiger partial charge is 0.480 e. The molecule has 0 unspecified atom stereocenters. The fourth-order valence-electron chi connectivity index (χ4n) is 2.84. The number of carboxylic acids is 1. The molecule has 1 aliphatic rings. The van der Waals surface area contributed by atoms with Crippen molar-refractivity contribution in [2.45, 2.75) is 32.4 Å². The molecular formula is C15H22BrN3O2. The van der Waals surface area contributed by atoms with Crippen molar-refractivity contribution in [3.63, 3.8) is 0 Å². The second-order valence-electron chi connectivity index (χ2n) is 5.43. The molecule has 0 saturated carbocycles. The third-order valence-electron chi connectivity index (χ3n) is 3.99. The van der Waals surface area contributed by atoms with Crippen LogP contribution in [0.4, 0.5) is 0 Å². The minimum Gasteiger partial charge on any atom is -0.480 e. The van der Waals surface area contributed by atoms with Crippen LogP contribution >= 0.6 is 15.9 Å². The number of pyridine rings is 1. The lowest BCUT2D eigenvalue weighted by Crippen LogP contribution is -2.46. The van der Waals surface area contributed by atoms with E-state index in [1.165, 1.54) is 0 Å². The van der Waals surface area contributed by atoms with Gasteiger partial charge >= 0.3 is 5.97 Å². The second kappa shape index (κ2) is 7.87. The number of rotatable bonds is 6. The minimum absolute atomic E-state index is 0.148. The van der Waals surface area contributed by atoms with Gasteiger partial charge in [-0.1, -0.05) is 6.92 Å². The number of hydrogen-bond donors (Lipinski definition) is 1. The van der Waals surface area contributed by atoms with Crippen LogP contribution in [0.2, 0.25) is 0 Å². The lowest BCUT2D eigenvalue weighted by atomic mass is 10.0. The van der Waals surface area contributed by atoms with E-state index >= 15 is 0 Å². The van der Waals surface area contributed by atoms with Crippen LogP contribution in [-0.2, 0) is 11.3 Å². The van der Waals surface area contributed by atoms with Gasteiger partial charge in [-0.05, 0) is 47.4 Å². The van der Waals surface area contributed by atoms with E-state index in [2.05, 4.69) is 30.7 Å². The lowest BCUT2D eigenvalue weighted by Gasteiger charge is -2.37. The summed E-state index contributed by atoms with van der Waals surface area (Å²) >= 11 is 3.39. The van der Waals surface area contributed by atoms with Crippen molar-refractivity contribution in [2.75, 3.05) is 26.2 Å². The highest BCUT2D eigenvalue weighted by atomic mass is 79.9. The minimum atomic E-state index is -0.738. The molecule has 116 valence electrons. The third kappa shape index (κ3) is 5.05. The molecule has 1 fully saturated rings. The molecule has 1 saturated heterocycles. The average molecular weight is 356 g/mol. The molecule has 21 heavy (non-hydrogen) atoms. The van der Waals surface area contributed by atoms with E-state index in [1.54, 1.807) is 0 Å². The van der Waals surface area contributed by atoms with Gasteiger partial charge in [-0.15, -0.1) is 0 Å². The van der Waals surface area contributed by atoms with Crippen molar-refractivity contribution in [3.8, 4) is 0 Å².